The van der Waals surface area contributed by atoms with Crippen LogP contribution in [0.4, 0.5) is 19.0 Å². The molecule has 19 heavy (non-hydrogen) atoms. The Morgan fingerprint density at radius 3 is 2.58 bits per heavy atom. The Balaban J connectivity index is 2.44. The first-order chi connectivity index (χ1) is 8.92. The summed E-state index contributed by atoms with van der Waals surface area (Å²) in [6.07, 6.45) is -3.02. The zero-order chi connectivity index (χ0) is 14.3. The molecule has 0 bridgehead atoms. The standard InChI is InChI=1S/C12H16F3N3O/c1-2-6-16-10-4-3-9(8-18-10)11(19)17-7-5-12(13,14)15/h3-4,8H,2,5-7H2,1H3,(H,16,18)(H,17,19). The molecule has 0 aliphatic carbocycles. The summed E-state index contributed by atoms with van der Waals surface area (Å²) in [5, 5.41) is 5.23. The van der Waals surface area contributed by atoms with Gasteiger partial charge in [-0.2, -0.15) is 13.2 Å². The Hall–Kier alpha value is -1.79. The third-order valence-electron chi connectivity index (χ3n) is 2.28. The van der Waals surface area contributed by atoms with E-state index in [2.05, 4.69) is 15.6 Å². The molecule has 1 aromatic heterocycles. The molecule has 0 saturated heterocycles. The number of hydrogen-bond donors (Lipinski definition) is 2. The maximum atomic E-state index is 11.9. The van der Waals surface area contributed by atoms with Crippen LogP contribution in [0.25, 0.3) is 0 Å². The van der Waals surface area contributed by atoms with Crippen LogP contribution in [0.1, 0.15) is 30.1 Å². The number of nitrogens with zero attached hydrogens (tertiary/aromatic N) is 1. The summed E-state index contributed by atoms with van der Waals surface area (Å²) in [6, 6.07) is 3.14. The minimum Gasteiger partial charge on any atom is -0.370 e. The molecule has 0 unspecified atom stereocenters. The topological polar surface area (TPSA) is 54.0 Å². The van der Waals surface area contributed by atoms with Crippen LogP contribution in [0.15, 0.2) is 18.3 Å². The first-order valence-electron chi connectivity index (χ1n) is 5.97. The van der Waals surface area contributed by atoms with Crippen molar-refractivity contribution in [3.05, 3.63) is 23.9 Å². The highest BCUT2D eigenvalue weighted by Crippen LogP contribution is 2.18. The molecular weight excluding hydrogens is 259 g/mol. The molecular formula is C12H16F3N3O. The van der Waals surface area contributed by atoms with Gasteiger partial charge in [-0.3, -0.25) is 4.79 Å². The monoisotopic (exact) mass is 275 g/mol. The molecule has 4 nitrogen and oxygen atoms in total. The van der Waals surface area contributed by atoms with E-state index < -0.39 is 25.0 Å². The fourth-order valence-corrected chi connectivity index (χ4v) is 1.31. The van der Waals surface area contributed by atoms with Gasteiger partial charge in [0.2, 0.25) is 0 Å². The van der Waals surface area contributed by atoms with Gasteiger partial charge in [-0.05, 0) is 18.6 Å². The summed E-state index contributed by atoms with van der Waals surface area (Å²) >= 11 is 0. The van der Waals surface area contributed by atoms with Gasteiger partial charge in [0.05, 0.1) is 12.0 Å². The normalized spacial score (nSPS) is 11.2. The van der Waals surface area contributed by atoms with Gasteiger partial charge in [0.1, 0.15) is 5.82 Å². The van der Waals surface area contributed by atoms with E-state index >= 15 is 0 Å². The smallest absolute Gasteiger partial charge is 0.370 e. The van der Waals surface area contributed by atoms with Crippen molar-refractivity contribution < 1.29 is 18.0 Å². The van der Waals surface area contributed by atoms with Gasteiger partial charge in [-0.15, -0.1) is 0 Å². The van der Waals surface area contributed by atoms with Crippen LogP contribution in [0, 0.1) is 0 Å². The molecule has 1 amide bonds. The lowest BCUT2D eigenvalue weighted by Crippen LogP contribution is -2.28. The number of amides is 1. The summed E-state index contributed by atoms with van der Waals surface area (Å²) in [4.78, 5) is 15.5. The third kappa shape index (κ3) is 6.08. The third-order valence-corrected chi connectivity index (χ3v) is 2.28. The lowest BCUT2D eigenvalue weighted by Gasteiger charge is -2.08. The Morgan fingerprint density at radius 1 is 1.32 bits per heavy atom. The lowest BCUT2D eigenvalue weighted by atomic mass is 10.2. The van der Waals surface area contributed by atoms with Crippen molar-refractivity contribution in [2.24, 2.45) is 0 Å². The second kappa shape index (κ2) is 6.96. The van der Waals surface area contributed by atoms with E-state index in [1.807, 2.05) is 6.92 Å². The molecule has 1 rings (SSSR count). The van der Waals surface area contributed by atoms with E-state index in [0.717, 1.165) is 13.0 Å². The van der Waals surface area contributed by atoms with E-state index in [0.29, 0.717) is 5.82 Å². The highest BCUT2D eigenvalue weighted by atomic mass is 19.4. The van der Waals surface area contributed by atoms with Crippen LogP contribution in [0.2, 0.25) is 0 Å². The first-order valence-corrected chi connectivity index (χ1v) is 5.97. The van der Waals surface area contributed by atoms with Crippen LogP contribution >= 0.6 is 0 Å². The van der Waals surface area contributed by atoms with E-state index in [-0.39, 0.29) is 5.56 Å². The van der Waals surface area contributed by atoms with Crippen molar-refractivity contribution >= 4 is 11.7 Å². The van der Waals surface area contributed by atoms with Gasteiger partial charge in [0.15, 0.2) is 0 Å². The summed E-state index contributed by atoms with van der Waals surface area (Å²) in [6.45, 7) is 2.35. The summed E-state index contributed by atoms with van der Waals surface area (Å²) in [5.74, 6) is 0.0764. The number of alkyl halides is 3. The Morgan fingerprint density at radius 2 is 2.05 bits per heavy atom. The molecule has 0 aromatic carbocycles. The number of nitrogens with one attached hydrogen (secondary N) is 2. The first kappa shape index (κ1) is 15.3. The van der Waals surface area contributed by atoms with Gasteiger partial charge in [0, 0.05) is 19.3 Å². The fraction of sp³-hybridized carbons (Fsp3) is 0.500. The number of pyridine rings is 1. The summed E-state index contributed by atoms with van der Waals surface area (Å²) in [7, 11) is 0. The van der Waals surface area contributed by atoms with Gasteiger partial charge < -0.3 is 10.6 Å². The van der Waals surface area contributed by atoms with Gasteiger partial charge in [0.25, 0.3) is 5.91 Å². The second-order valence-corrected chi connectivity index (χ2v) is 3.98. The average Bonchev–Trinajstić information content (AvgIpc) is 2.35. The number of anilines is 1. The van der Waals surface area contributed by atoms with E-state index in [9.17, 15) is 18.0 Å². The molecule has 0 spiro atoms. The maximum Gasteiger partial charge on any atom is 0.390 e. The molecule has 1 heterocycles. The number of halogens is 3. The molecule has 2 N–H and O–H groups in total. The highest BCUT2D eigenvalue weighted by molar-refractivity contribution is 5.94. The summed E-state index contributed by atoms with van der Waals surface area (Å²) in [5.41, 5.74) is 0.240. The number of carbonyl (C=O) groups excluding carboxylic acids is 1. The van der Waals surface area contributed by atoms with Gasteiger partial charge in [-0.25, -0.2) is 4.98 Å². The summed E-state index contributed by atoms with van der Waals surface area (Å²) < 4.78 is 35.7. The Bertz CT molecular complexity index is 404. The molecule has 0 atom stereocenters. The number of hydrogen-bond acceptors (Lipinski definition) is 3. The van der Waals surface area contributed by atoms with Crippen LogP contribution in [0.3, 0.4) is 0 Å². The van der Waals surface area contributed by atoms with Crippen molar-refractivity contribution in [2.75, 3.05) is 18.4 Å². The van der Waals surface area contributed by atoms with E-state index in [1.54, 1.807) is 6.07 Å². The number of aromatic nitrogens is 1. The highest BCUT2D eigenvalue weighted by Gasteiger charge is 2.26. The van der Waals surface area contributed by atoms with Crippen molar-refractivity contribution in [3.63, 3.8) is 0 Å². The quantitative estimate of drug-likeness (QED) is 0.839. The Kier molecular flexibility index (Phi) is 5.59. The molecule has 0 saturated carbocycles. The fourth-order valence-electron chi connectivity index (χ4n) is 1.31. The van der Waals surface area contributed by atoms with Crippen molar-refractivity contribution in [3.8, 4) is 0 Å². The molecule has 0 aliphatic rings. The Labute approximate surface area is 109 Å². The number of carbonyl (C=O) groups is 1. The van der Waals surface area contributed by atoms with Gasteiger partial charge >= 0.3 is 6.18 Å². The number of rotatable bonds is 6. The SMILES string of the molecule is CCCNc1ccc(C(=O)NCCC(F)(F)F)cn1. The lowest BCUT2D eigenvalue weighted by molar-refractivity contribution is -0.132. The average molecular weight is 275 g/mol. The van der Waals surface area contributed by atoms with Crippen LogP contribution in [0.5, 0.6) is 0 Å². The van der Waals surface area contributed by atoms with E-state index in [1.165, 1.54) is 12.3 Å². The van der Waals surface area contributed by atoms with Crippen LogP contribution in [-0.2, 0) is 0 Å². The van der Waals surface area contributed by atoms with Crippen LogP contribution < -0.4 is 10.6 Å². The molecule has 0 fully saturated rings. The molecule has 1 aromatic rings. The maximum absolute atomic E-state index is 11.9. The molecule has 106 valence electrons. The van der Waals surface area contributed by atoms with E-state index in [4.69, 9.17) is 0 Å². The van der Waals surface area contributed by atoms with Crippen molar-refractivity contribution in [2.45, 2.75) is 25.9 Å². The minimum absolute atomic E-state index is 0.240. The predicted octanol–water partition coefficient (Wildman–Crippen LogP) is 2.59. The zero-order valence-corrected chi connectivity index (χ0v) is 10.5. The zero-order valence-electron chi connectivity index (χ0n) is 10.5. The predicted molar refractivity (Wildman–Crippen MR) is 66.0 cm³/mol. The molecule has 0 radical (unpaired) electrons. The van der Waals surface area contributed by atoms with Crippen molar-refractivity contribution in [1.82, 2.24) is 10.3 Å². The minimum atomic E-state index is -4.26. The molecule has 0 aliphatic heterocycles. The van der Waals surface area contributed by atoms with Gasteiger partial charge in [-0.1, -0.05) is 6.92 Å². The molecule has 7 heteroatoms. The van der Waals surface area contributed by atoms with Crippen molar-refractivity contribution in [1.29, 1.82) is 0 Å². The second-order valence-electron chi connectivity index (χ2n) is 3.98. The van der Waals surface area contributed by atoms with Crippen LogP contribution in [-0.4, -0.2) is 30.2 Å². The largest absolute Gasteiger partial charge is 0.390 e.